The molecule has 98 valence electrons. The largest absolute Gasteiger partial charge is 0.383 e. The summed E-state index contributed by atoms with van der Waals surface area (Å²) in [5.41, 5.74) is 0. The Hall–Kier alpha value is -0.610. The van der Waals surface area contributed by atoms with E-state index in [0.29, 0.717) is 23.9 Å². The number of ether oxygens (including phenoxy) is 1. The molecule has 1 amide bonds. The van der Waals surface area contributed by atoms with Gasteiger partial charge in [-0.2, -0.15) is 0 Å². The van der Waals surface area contributed by atoms with Crippen LogP contribution in [-0.4, -0.2) is 49.7 Å². The summed E-state index contributed by atoms with van der Waals surface area (Å²) in [4.78, 5) is 13.9. The van der Waals surface area contributed by atoms with Gasteiger partial charge in [0.05, 0.1) is 6.61 Å². The second-order valence-corrected chi connectivity index (χ2v) is 5.40. The topological polar surface area (TPSA) is 41.6 Å². The molecule has 1 saturated carbocycles. The van der Waals surface area contributed by atoms with Gasteiger partial charge in [-0.05, 0) is 32.6 Å². The van der Waals surface area contributed by atoms with Crippen molar-refractivity contribution < 1.29 is 9.53 Å². The van der Waals surface area contributed by atoms with Gasteiger partial charge in [-0.25, -0.2) is 0 Å². The predicted octanol–water partition coefficient (Wildman–Crippen LogP) is 1.01. The third-order valence-electron chi connectivity index (χ3n) is 3.67. The fourth-order valence-electron chi connectivity index (χ4n) is 2.56. The number of likely N-dealkylation sites (tertiary alicyclic amines) is 1. The van der Waals surface area contributed by atoms with Gasteiger partial charge in [-0.1, -0.05) is 0 Å². The van der Waals surface area contributed by atoms with Crippen molar-refractivity contribution in [3.8, 4) is 0 Å². The molecular formula is C13H24N2O2. The van der Waals surface area contributed by atoms with Crippen LogP contribution in [0.2, 0.25) is 0 Å². The van der Waals surface area contributed by atoms with Gasteiger partial charge in [0.25, 0.3) is 0 Å². The number of hydrogen-bond acceptors (Lipinski definition) is 3. The lowest BCUT2D eigenvalue weighted by atomic mass is 10.0. The number of nitrogens with one attached hydrogen (secondary N) is 1. The third kappa shape index (κ3) is 3.68. The zero-order valence-electron chi connectivity index (χ0n) is 10.9. The van der Waals surface area contributed by atoms with Gasteiger partial charge >= 0.3 is 0 Å². The maximum Gasteiger partial charge on any atom is 0.225 e. The molecule has 1 saturated heterocycles. The first-order valence-corrected chi connectivity index (χ1v) is 6.74. The van der Waals surface area contributed by atoms with Crippen molar-refractivity contribution >= 4 is 5.91 Å². The van der Waals surface area contributed by atoms with Gasteiger partial charge in [-0.3, -0.25) is 4.79 Å². The zero-order chi connectivity index (χ0) is 12.3. The number of carbonyl (C=O) groups excluding carboxylic acids is 1. The number of amides is 1. The molecule has 0 bridgehead atoms. The maximum absolute atomic E-state index is 11.9. The number of hydrogen-bond donors (Lipinski definition) is 1. The van der Waals surface area contributed by atoms with Crippen LogP contribution in [0.3, 0.4) is 0 Å². The summed E-state index contributed by atoms with van der Waals surface area (Å²) in [7, 11) is 1.73. The molecule has 0 aromatic rings. The lowest BCUT2D eigenvalue weighted by molar-refractivity contribution is -0.133. The van der Waals surface area contributed by atoms with Crippen LogP contribution in [-0.2, 0) is 9.53 Å². The van der Waals surface area contributed by atoms with Crippen molar-refractivity contribution in [1.82, 2.24) is 10.2 Å². The fourth-order valence-corrected chi connectivity index (χ4v) is 2.56. The second-order valence-electron chi connectivity index (χ2n) is 5.40. The molecule has 1 atom stereocenters. The zero-order valence-corrected chi connectivity index (χ0v) is 10.9. The monoisotopic (exact) mass is 240 g/mol. The SMILES string of the molecule is COCC(C)NC1CCN(C(=O)C2CC2)CC1. The highest BCUT2D eigenvalue weighted by Gasteiger charge is 2.34. The van der Waals surface area contributed by atoms with Gasteiger partial charge in [0.1, 0.15) is 0 Å². The van der Waals surface area contributed by atoms with Gasteiger partial charge in [0.15, 0.2) is 0 Å². The van der Waals surface area contributed by atoms with E-state index in [-0.39, 0.29) is 0 Å². The molecule has 4 heteroatoms. The Morgan fingerprint density at radius 2 is 2.00 bits per heavy atom. The Morgan fingerprint density at radius 3 is 2.53 bits per heavy atom. The lowest BCUT2D eigenvalue weighted by Crippen LogP contribution is -2.48. The molecule has 4 nitrogen and oxygen atoms in total. The molecule has 2 rings (SSSR count). The minimum absolute atomic E-state index is 0.368. The van der Waals surface area contributed by atoms with Crippen molar-refractivity contribution in [3.63, 3.8) is 0 Å². The lowest BCUT2D eigenvalue weighted by Gasteiger charge is -2.34. The van der Waals surface area contributed by atoms with Crippen LogP contribution < -0.4 is 5.32 Å². The molecule has 2 aliphatic rings. The minimum atomic E-state index is 0.368. The molecule has 17 heavy (non-hydrogen) atoms. The number of piperidine rings is 1. The van der Waals surface area contributed by atoms with Gasteiger partial charge in [0, 0.05) is 38.2 Å². The van der Waals surface area contributed by atoms with E-state index in [2.05, 4.69) is 17.1 Å². The van der Waals surface area contributed by atoms with Crippen LogP contribution in [0.1, 0.15) is 32.6 Å². The summed E-state index contributed by atoms with van der Waals surface area (Å²) < 4.78 is 5.12. The summed E-state index contributed by atoms with van der Waals surface area (Å²) in [5.74, 6) is 0.764. The highest BCUT2D eigenvalue weighted by atomic mass is 16.5. The molecule has 1 aliphatic heterocycles. The molecule has 0 aromatic heterocycles. The standard InChI is InChI=1S/C13H24N2O2/c1-10(9-17-2)14-12-5-7-15(8-6-12)13(16)11-3-4-11/h10-12,14H,3-9H2,1-2H3. The molecular weight excluding hydrogens is 216 g/mol. The highest BCUT2D eigenvalue weighted by Crippen LogP contribution is 2.31. The van der Waals surface area contributed by atoms with Gasteiger partial charge < -0.3 is 15.0 Å². The van der Waals surface area contributed by atoms with E-state index in [0.717, 1.165) is 45.4 Å². The Balaban J connectivity index is 1.68. The Labute approximate surface area is 104 Å². The Kier molecular flexibility index (Phi) is 4.40. The van der Waals surface area contributed by atoms with Crippen molar-refractivity contribution in [2.75, 3.05) is 26.8 Å². The maximum atomic E-state index is 11.9. The van der Waals surface area contributed by atoms with Crippen molar-refractivity contribution in [2.24, 2.45) is 5.92 Å². The third-order valence-corrected chi connectivity index (χ3v) is 3.67. The quantitative estimate of drug-likeness (QED) is 0.780. The van der Waals surface area contributed by atoms with E-state index in [1.165, 1.54) is 0 Å². The summed E-state index contributed by atoms with van der Waals surface area (Å²) in [5, 5.41) is 3.56. The molecule has 1 unspecified atom stereocenters. The minimum Gasteiger partial charge on any atom is -0.383 e. The summed E-state index contributed by atoms with van der Waals surface area (Å²) in [6.07, 6.45) is 4.38. The molecule has 0 aromatic carbocycles. The highest BCUT2D eigenvalue weighted by molar-refractivity contribution is 5.81. The van der Waals surface area contributed by atoms with Crippen LogP contribution in [0.25, 0.3) is 0 Å². The van der Waals surface area contributed by atoms with E-state index in [9.17, 15) is 4.79 Å². The van der Waals surface area contributed by atoms with Crippen LogP contribution in [0.4, 0.5) is 0 Å². The predicted molar refractivity (Wildman–Crippen MR) is 66.8 cm³/mol. The van der Waals surface area contributed by atoms with Crippen LogP contribution >= 0.6 is 0 Å². The first-order valence-electron chi connectivity index (χ1n) is 6.74. The van der Waals surface area contributed by atoms with Crippen LogP contribution in [0, 0.1) is 5.92 Å². The first-order chi connectivity index (χ1) is 8.20. The first kappa shape index (κ1) is 12.8. The molecule has 1 heterocycles. The normalized spacial score (nSPS) is 23.8. The average molecular weight is 240 g/mol. The summed E-state index contributed by atoms with van der Waals surface area (Å²) in [6, 6.07) is 0.944. The van der Waals surface area contributed by atoms with Gasteiger partial charge in [0.2, 0.25) is 5.91 Å². The number of methoxy groups -OCH3 is 1. The number of nitrogens with zero attached hydrogens (tertiary/aromatic N) is 1. The molecule has 2 fully saturated rings. The summed E-state index contributed by atoms with van der Waals surface area (Å²) >= 11 is 0. The van der Waals surface area contributed by atoms with Crippen LogP contribution in [0.5, 0.6) is 0 Å². The molecule has 0 radical (unpaired) electrons. The van der Waals surface area contributed by atoms with E-state index in [1.807, 2.05) is 0 Å². The van der Waals surface area contributed by atoms with E-state index in [4.69, 9.17) is 4.74 Å². The second kappa shape index (κ2) is 5.83. The molecule has 1 aliphatic carbocycles. The number of carbonyl (C=O) groups is 1. The van der Waals surface area contributed by atoms with Crippen molar-refractivity contribution in [3.05, 3.63) is 0 Å². The van der Waals surface area contributed by atoms with Gasteiger partial charge in [-0.15, -0.1) is 0 Å². The van der Waals surface area contributed by atoms with E-state index < -0.39 is 0 Å². The smallest absolute Gasteiger partial charge is 0.225 e. The average Bonchev–Trinajstić information content (AvgIpc) is 3.13. The number of rotatable bonds is 5. The molecule has 0 spiro atoms. The van der Waals surface area contributed by atoms with Crippen LogP contribution in [0.15, 0.2) is 0 Å². The summed E-state index contributed by atoms with van der Waals surface area (Å²) in [6.45, 7) is 4.74. The Morgan fingerprint density at radius 1 is 1.35 bits per heavy atom. The van der Waals surface area contributed by atoms with Crippen molar-refractivity contribution in [2.45, 2.75) is 44.7 Å². The van der Waals surface area contributed by atoms with E-state index in [1.54, 1.807) is 7.11 Å². The van der Waals surface area contributed by atoms with Crippen molar-refractivity contribution in [1.29, 1.82) is 0 Å². The van der Waals surface area contributed by atoms with E-state index >= 15 is 0 Å². The Bertz CT molecular complexity index is 258. The fraction of sp³-hybridized carbons (Fsp3) is 0.923. The molecule has 1 N–H and O–H groups in total.